The first-order valence-electron chi connectivity index (χ1n) is 14.4. The van der Waals surface area contributed by atoms with E-state index in [1.54, 1.807) is 30.1 Å². The van der Waals surface area contributed by atoms with E-state index in [0.29, 0.717) is 67.0 Å². The molecule has 2 N–H and O–H groups in total. The molecule has 0 unspecified atom stereocenters. The molecule has 3 heterocycles. The van der Waals surface area contributed by atoms with E-state index in [1.807, 2.05) is 31.3 Å². The lowest BCUT2D eigenvalue weighted by Gasteiger charge is -2.31. The van der Waals surface area contributed by atoms with E-state index in [4.69, 9.17) is 58.8 Å². The van der Waals surface area contributed by atoms with Crippen molar-refractivity contribution in [2.24, 2.45) is 0 Å². The molecule has 2 aromatic heterocycles. The predicted molar refractivity (Wildman–Crippen MR) is 187 cm³/mol. The minimum atomic E-state index is -0.349. The minimum Gasteiger partial charge on any atom is -0.494 e. The zero-order chi connectivity index (χ0) is 33.1. The van der Waals surface area contributed by atoms with Gasteiger partial charge in [-0.25, -0.2) is 9.67 Å². The van der Waals surface area contributed by atoms with Gasteiger partial charge in [0.05, 0.1) is 43.1 Å². The van der Waals surface area contributed by atoms with Crippen LogP contribution in [0.3, 0.4) is 0 Å². The SMILES string of the molecule is [B]c1c([B])c([B])c(-c2nn(-c3ccnc(Nc4cc(NC(=O)C=C)c(N5CCOCC5)cc4OC)n3)cc2CN(C)C)c([B])c1[B]. The summed E-state index contributed by atoms with van der Waals surface area (Å²) in [6, 6.07) is 5.32. The predicted octanol–water partition coefficient (Wildman–Crippen LogP) is -1.93. The summed E-state index contributed by atoms with van der Waals surface area (Å²) >= 11 is 0. The topological polar surface area (TPSA) is 110 Å². The molecule has 1 saturated heterocycles. The van der Waals surface area contributed by atoms with Gasteiger partial charge in [0.25, 0.3) is 0 Å². The molecule has 11 nitrogen and oxygen atoms in total. The molecule has 1 fully saturated rings. The average Bonchev–Trinajstić information content (AvgIpc) is 3.46. The lowest BCUT2D eigenvalue weighted by Crippen LogP contribution is -2.55. The molecule has 0 spiro atoms. The molecule has 2 aromatic carbocycles. The molecule has 5 rings (SSSR count). The highest BCUT2D eigenvalue weighted by molar-refractivity contribution is 6.68. The van der Waals surface area contributed by atoms with Crippen molar-refractivity contribution < 1.29 is 14.3 Å². The van der Waals surface area contributed by atoms with E-state index < -0.39 is 0 Å². The molecule has 4 aromatic rings. The molecular weight excluding hydrogens is 574 g/mol. The Morgan fingerprint density at radius 1 is 1.07 bits per heavy atom. The maximum Gasteiger partial charge on any atom is 0.247 e. The Labute approximate surface area is 275 Å². The van der Waals surface area contributed by atoms with Gasteiger partial charge in [0.1, 0.15) is 45.0 Å². The van der Waals surface area contributed by atoms with Crippen LogP contribution in [0, 0.1) is 0 Å². The highest BCUT2D eigenvalue weighted by atomic mass is 16.5. The van der Waals surface area contributed by atoms with Gasteiger partial charge in [-0.15, -0.1) is 16.4 Å². The van der Waals surface area contributed by atoms with Crippen LogP contribution < -0.4 is 47.6 Å². The standard InChI is InChI=1S/C30H29B5N8O3/c1-5-22(44)37-17-12-18(20(45-4)13-19(17)42-8-10-46-11-9-42)38-30-36-7-6-21(39-30)43-15-16(14-41(2)3)29(40-43)23-24(31)26(33)28(35)27(34)25(23)32/h5-7,12-13,15H,1,8-11,14H2,2-4H3,(H,37,44)(H,36,38,39). The van der Waals surface area contributed by atoms with Gasteiger partial charge in [0.15, 0.2) is 5.82 Å². The molecule has 222 valence electrons. The Kier molecular flexibility index (Phi) is 9.98. The van der Waals surface area contributed by atoms with Crippen LogP contribution >= 0.6 is 0 Å². The maximum absolute atomic E-state index is 12.3. The van der Waals surface area contributed by atoms with Crippen LogP contribution in [-0.4, -0.2) is 117 Å². The summed E-state index contributed by atoms with van der Waals surface area (Å²) in [6.07, 6.45) is 4.63. The number of anilines is 4. The van der Waals surface area contributed by atoms with Crippen LogP contribution in [0.25, 0.3) is 17.1 Å². The van der Waals surface area contributed by atoms with E-state index in [0.717, 1.165) is 11.3 Å². The number of carbonyl (C=O) groups is 1. The van der Waals surface area contributed by atoms with Crippen LogP contribution in [0.2, 0.25) is 0 Å². The monoisotopic (exact) mass is 604 g/mol. The summed E-state index contributed by atoms with van der Waals surface area (Å²) in [6.45, 7) is 6.54. The Morgan fingerprint density at radius 3 is 2.37 bits per heavy atom. The molecule has 46 heavy (non-hydrogen) atoms. The van der Waals surface area contributed by atoms with Gasteiger partial charge in [-0.05, 0) is 31.8 Å². The number of rotatable bonds is 10. The van der Waals surface area contributed by atoms with E-state index in [-0.39, 0.29) is 39.2 Å². The van der Waals surface area contributed by atoms with Gasteiger partial charge in [-0.1, -0.05) is 17.5 Å². The first-order chi connectivity index (χ1) is 22.0. The van der Waals surface area contributed by atoms with Gasteiger partial charge in [0.2, 0.25) is 11.9 Å². The maximum atomic E-state index is 12.3. The van der Waals surface area contributed by atoms with E-state index >= 15 is 0 Å². The van der Waals surface area contributed by atoms with Gasteiger partial charge in [0, 0.05) is 49.7 Å². The Balaban J connectivity index is 1.54. The number of hydrogen-bond donors (Lipinski definition) is 2. The van der Waals surface area contributed by atoms with Crippen molar-refractivity contribution in [1.82, 2.24) is 24.6 Å². The Hall–Kier alpha value is -4.42. The lowest BCUT2D eigenvalue weighted by atomic mass is 9.60. The van der Waals surface area contributed by atoms with Gasteiger partial charge in [-0.3, -0.25) is 4.79 Å². The van der Waals surface area contributed by atoms with Crippen molar-refractivity contribution in [3.05, 3.63) is 48.8 Å². The summed E-state index contributed by atoms with van der Waals surface area (Å²) in [7, 11) is 36.5. The highest BCUT2D eigenvalue weighted by Crippen LogP contribution is 2.38. The zero-order valence-corrected chi connectivity index (χ0v) is 26.0. The van der Waals surface area contributed by atoms with Gasteiger partial charge >= 0.3 is 0 Å². The molecule has 0 saturated carbocycles. The number of ether oxygens (including phenoxy) is 2. The Morgan fingerprint density at radius 2 is 1.74 bits per heavy atom. The van der Waals surface area contributed by atoms with Crippen molar-refractivity contribution in [3.63, 3.8) is 0 Å². The number of nitrogens with one attached hydrogen (secondary N) is 2. The lowest BCUT2D eigenvalue weighted by molar-refractivity contribution is -0.111. The first kappa shape index (κ1) is 33.0. The van der Waals surface area contributed by atoms with Crippen LogP contribution in [0.5, 0.6) is 5.75 Å². The fourth-order valence-electron chi connectivity index (χ4n) is 5.14. The fraction of sp³-hybridized carbons (Fsp3) is 0.267. The molecule has 0 atom stereocenters. The molecule has 16 heteroatoms. The van der Waals surface area contributed by atoms with Gasteiger partial charge in [-0.2, -0.15) is 10.1 Å². The largest absolute Gasteiger partial charge is 0.494 e. The number of nitrogens with zero attached hydrogens (tertiary/aromatic N) is 6. The molecular formula is C30H29B5N8O3. The average molecular weight is 604 g/mol. The van der Waals surface area contributed by atoms with Crippen molar-refractivity contribution >= 4 is 95.5 Å². The summed E-state index contributed by atoms with van der Waals surface area (Å²) in [5.41, 5.74) is 4.32. The van der Waals surface area contributed by atoms with Crippen LogP contribution in [0.4, 0.5) is 23.0 Å². The number of morpholine rings is 1. The van der Waals surface area contributed by atoms with E-state index in [1.165, 1.54) is 6.08 Å². The smallest absolute Gasteiger partial charge is 0.247 e. The number of benzene rings is 2. The number of methoxy groups -OCH3 is 1. The second kappa shape index (κ2) is 13.9. The molecule has 10 radical (unpaired) electrons. The van der Waals surface area contributed by atoms with E-state index in [2.05, 4.69) is 27.1 Å². The third kappa shape index (κ3) is 6.73. The van der Waals surface area contributed by atoms with Crippen molar-refractivity contribution in [2.45, 2.75) is 6.54 Å². The van der Waals surface area contributed by atoms with Gasteiger partial charge < -0.3 is 29.9 Å². The molecule has 1 amide bonds. The van der Waals surface area contributed by atoms with E-state index in [9.17, 15) is 4.79 Å². The number of amides is 1. The number of carbonyl (C=O) groups excluding carboxylic acids is 1. The second-order valence-electron chi connectivity index (χ2n) is 10.9. The molecule has 0 aliphatic carbocycles. The fourth-order valence-corrected chi connectivity index (χ4v) is 5.14. The Bertz CT molecular complexity index is 1760. The van der Waals surface area contributed by atoms with Crippen molar-refractivity contribution in [2.75, 3.05) is 63.0 Å². The molecule has 1 aliphatic rings. The molecule has 0 bridgehead atoms. The number of aromatic nitrogens is 4. The third-order valence-corrected chi connectivity index (χ3v) is 7.45. The normalized spacial score (nSPS) is 13.1. The van der Waals surface area contributed by atoms with Crippen molar-refractivity contribution in [1.29, 1.82) is 0 Å². The zero-order valence-electron chi connectivity index (χ0n) is 26.0. The first-order valence-corrected chi connectivity index (χ1v) is 14.4. The summed E-state index contributed by atoms with van der Waals surface area (Å²) < 4.78 is 12.8. The highest BCUT2D eigenvalue weighted by Gasteiger charge is 2.22. The minimum absolute atomic E-state index is 0.125. The summed E-state index contributed by atoms with van der Waals surface area (Å²) in [5.74, 6) is 0.868. The number of hydrogen-bond acceptors (Lipinski definition) is 9. The van der Waals surface area contributed by atoms with Crippen LogP contribution in [0.15, 0.2) is 43.2 Å². The quantitative estimate of drug-likeness (QED) is 0.158. The molecule has 1 aliphatic heterocycles. The summed E-state index contributed by atoms with van der Waals surface area (Å²) in [4.78, 5) is 25.5. The van der Waals surface area contributed by atoms with Crippen LogP contribution in [0.1, 0.15) is 5.56 Å². The second-order valence-corrected chi connectivity index (χ2v) is 10.9. The van der Waals surface area contributed by atoms with Crippen LogP contribution in [-0.2, 0) is 16.1 Å². The summed E-state index contributed by atoms with van der Waals surface area (Å²) in [5, 5.41) is 10.9. The third-order valence-electron chi connectivity index (χ3n) is 7.45. The van der Waals surface area contributed by atoms with Crippen molar-refractivity contribution in [3.8, 4) is 22.8 Å².